The Morgan fingerprint density at radius 2 is 1.91 bits per heavy atom. The van der Waals surface area contributed by atoms with Gasteiger partial charge < -0.3 is 5.32 Å². The maximum atomic E-state index is 13.3. The number of nitrogens with one attached hydrogen (secondary N) is 1. The number of aromatic nitrogens is 2. The van der Waals surface area contributed by atoms with Gasteiger partial charge in [0.2, 0.25) is 0 Å². The normalized spacial score (nSPS) is 24.5. The first-order chi connectivity index (χ1) is 15.5. The van der Waals surface area contributed by atoms with E-state index in [9.17, 15) is 9.18 Å². The number of amides is 1. The molecule has 6 rings (SSSR count). The molecule has 4 atom stereocenters. The SMILES string of the molecule is Cc1ccc(C(=O)NC[C@H]2C[C@H]3CCN2C[C@@H]3c2cc(-c3ccc(F)cc3)nn2C)cc1. The van der Waals surface area contributed by atoms with Gasteiger partial charge in [0.25, 0.3) is 5.91 Å². The first-order valence-corrected chi connectivity index (χ1v) is 11.4. The Labute approximate surface area is 188 Å². The van der Waals surface area contributed by atoms with E-state index in [0.717, 1.165) is 36.3 Å². The molecule has 0 spiro atoms. The summed E-state index contributed by atoms with van der Waals surface area (Å²) < 4.78 is 15.3. The smallest absolute Gasteiger partial charge is 0.251 e. The van der Waals surface area contributed by atoms with Gasteiger partial charge in [-0.25, -0.2) is 4.39 Å². The predicted octanol–water partition coefficient (Wildman–Crippen LogP) is 4.14. The second kappa shape index (κ2) is 8.51. The third-order valence-electron chi connectivity index (χ3n) is 7.13. The molecule has 0 saturated carbocycles. The molecule has 3 fully saturated rings. The minimum atomic E-state index is -0.234. The monoisotopic (exact) mass is 432 g/mol. The molecule has 4 heterocycles. The van der Waals surface area contributed by atoms with E-state index in [4.69, 9.17) is 5.10 Å². The van der Waals surface area contributed by atoms with Crippen LogP contribution in [0.2, 0.25) is 0 Å². The molecule has 0 radical (unpaired) electrons. The summed E-state index contributed by atoms with van der Waals surface area (Å²) >= 11 is 0. The third-order valence-corrected chi connectivity index (χ3v) is 7.13. The van der Waals surface area contributed by atoms with Gasteiger partial charge in [-0.1, -0.05) is 17.7 Å². The Morgan fingerprint density at radius 3 is 2.59 bits per heavy atom. The van der Waals surface area contributed by atoms with Gasteiger partial charge in [-0.3, -0.25) is 14.4 Å². The van der Waals surface area contributed by atoms with Gasteiger partial charge in [-0.2, -0.15) is 5.10 Å². The number of rotatable bonds is 5. The van der Waals surface area contributed by atoms with Crippen molar-refractivity contribution in [2.75, 3.05) is 19.6 Å². The molecule has 6 heteroatoms. The van der Waals surface area contributed by atoms with Crippen molar-refractivity contribution in [3.05, 3.63) is 77.2 Å². The van der Waals surface area contributed by atoms with Crippen molar-refractivity contribution < 1.29 is 9.18 Å². The molecule has 1 amide bonds. The zero-order valence-electron chi connectivity index (χ0n) is 18.6. The third kappa shape index (κ3) is 4.07. The van der Waals surface area contributed by atoms with Gasteiger partial charge in [0, 0.05) is 48.9 Å². The maximum absolute atomic E-state index is 13.3. The van der Waals surface area contributed by atoms with Crippen LogP contribution in [-0.2, 0) is 7.05 Å². The van der Waals surface area contributed by atoms with E-state index in [1.807, 2.05) is 42.9 Å². The van der Waals surface area contributed by atoms with Crippen LogP contribution in [0, 0.1) is 18.7 Å². The van der Waals surface area contributed by atoms with Gasteiger partial charge in [0.05, 0.1) is 5.69 Å². The lowest BCUT2D eigenvalue weighted by Gasteiger charge is -2.50. The fourth-order valence-corrected chi connectivity index (χ4v) is 5.29. The fraction of sp³-hybridized carbons (Fsp3) is 0.385. The highest BCUT2D eigenvalue weighted by atomic mass is 19.1. The van der Waals surface area contributed by atoms with Crippen LogP contribution in [0.15, 0.2) is 54.6 Å². The number of benzene rings is 2. The molecule has 0 aliphatic carbocycles. The molecule has 1 unspecified atom stereocenters. The number of nitrogens with zero attached hydrogens (tertiary/aromatic N) is 3. The molecule has 2 bridgehead atoms. The zero-order chi connectivity index (χ0) is 22.2. The van der Waals surface area contributed by atoms with Crippen LogP contribution in [0.5, 0.6) is 0 Å². The van der Waals surface area contributed by atoms with Crippen molar-refractivity contribution in [2.45, 2.75) is 31.7 Å². The number of piperidine rings is 3. The summed E-state index contributed by atoms with van der Waals surface area (Å²) in [5.74, 6) is 0.778. The van der Waals surface area contributed by atoms with E-state index in [0.29, 0.717) is 30.0 Å². The fourth-order valence-electron chi connectivity index (χ4n) is 5.29. The van der Waals surface area contributed by atoms with E-state index in [-0.39, 0.29) is 11.7 Å². The van der Waals surface area contributed by atoms with Gasteiger partial charge in [0.15, 0.2) is 0 Å². The van der Waals surface area contributed by atoms with Crippen LogP contribution in [-0.4, -0.2) is 46.3 Å². The summed E-state index contributed by atoms with van der Waals surface area (Å²) in [6.45, 7) is 4.77. The second-order valence-corrected chi connectivity index (χ2v) is 9.20. The highest BCUT2D eigenvalue weighted by Gasteiger charge is 2.41. The van der Waals surface area contributed by atoms with Crippen molar-refractivity contribution in [1.29, 1.82) is 0 Å². The zero-order valence-corrected chi connectivity index (χ0v) is 18.6. The number of hydrogen-bond donors (Lipinski definition) is 1. The highest BCUT2D eigenvalue weighted by molar-refractivity contribution is 5.94. The Balaban J connectivity index is 1.25. The molecule has 1 aromatic heterocycles. The number of carbonyl (C=O) groups excluding carboxylic acids is 1. The Morgan fingerprint density at radius 1 is 1.16 bits per heavy atom. The van der Waals surface area contributed by atoms with Crippen LogP contribution in [0.4, 0.5) is 4.39 Å². The lowest BCUT2D eigenvalue weighted by atomic mass is 9.74. The van der Waals surface area contributed by atoms with E-state index >= 15 is 0 Å². The quantitative estimate of drug-likeness (QED) is 0.659. The van der Waals surface area contributed by atoms with Crippen molar-refractivity contribution in [1.82, 2.24) is 20.0 Å². The van der Waals surface area contributed by atoms with Gasteiger partial charge >= 0.3 is 0 Å². The van der Waals surface area contributed by atoms with E-state index in [1.54, 1.807) is 12.1 Å². The largest absolute Gasteiger partial charge is 0.350 e. The van der Waals surface area contributed by atoms with Crippen molar-refractivity contribution in [2.24, 2.45) is 13.0 Å². The summed E-state index contributed by atoms with van der Waals surface area (Å²) in [5.41, 5.74) is 4.93. The number of aryl methyl sites for hydroxylation is 2. The molecule has 166 valence electrons. The van der Waals surface area contributed by atoms with Crippen LogP contribution >= 0.6 is 0 Å². The summed E-state index contributed by atoms with van der Waals surface area (Å²) in [6.07, 6.45) is 2.25. The average Bonchev–Trinajstić information content (AvgIpc) is 3.20. The molecule has 3 aliphatic rings. The molecule has 1 N–H and O–H groups in total. The minimum absolute atomic E-state index is 0.000212. The lowest BCUT2D eigenvalue weighted by Crippen LogP contribution is -2.56. The first kappa shape index (κ1) is 20.9. The standard InChI is InChI=1S/C26H29FN4O/c1-17-3-5-19(6-4-17)26(32)28-15-22-13-20-11-12-31(22)16-23(20)25-14-24(29-30(25)2)18-7-9-21(27)10-8-18/h3-10,14,20,22-23H,11-13,15-16H2,1-2H3,(H,28,32)/t20-,22-,23+/m1/s1. The average molecular weight is 433 g/mol. The van der Waals surface area contributed by atoms with Gasteiger partial charge in [-0.05, 0) is 74.7 Å². The van der Waals surface area contributed by atoms with E-state index in [1.165, 1.54) is 24.2 Å². The Bertz CT molecular complexity index is 1110. The lowest BCUT2D eigenvalue weighted by molar-refractivity contribution is 0.0280. The molecular weight excluding hydrogens is 403 g/mol. The van der Waals surface area contributed by atoms with Crippen LogP contribution in [0.25, 0.3) is 11.3 Å². The first-order valence-electron chi connectivity index (χ1n) is 11.4. The van der Waals surface area contributed by atoms with Crippen molar-refractivity contribution >= 4 is 5.91 Å². The molecule has 2 aromatic carbocycles. The topological polar surface area (TPSA) is 50.2 Å². The second-order valence-electron chi connectivity index (χ2n) is 9.20. The van der Waals surface area contributed by atoms with Crippen molar-refractivity contribution in [3.63, 3.8) is 0 Å². The Kier molecular flexibility index (Phi) is 5.55. The molecule has 5 nitrogen and oxygen atoms in total. The highest BCUT2D eigenvalue weighted by Crippen LogP contribution is 2.42. The van der Waals surface area contributed by atoms with Crippen molar-refractivity contribution in [3.8, 4) is 11.3 Å². The summed E-state index contributed by atoms with van der Waals surface area (Å²) in [7, 11) is 2.00. The summed E-state index contributed by atoms with van der Waals surface area (Å²) in [6, 6.07) is 16.8. The molecule has 3 aliphatic heterocycles. The molecule has 3 saturated heterocycles. The van der Waals surface area contributed by atoms with Gasteiger partial charge in [0.1, 0.15) is 5.82 Å². The predicted molar refractivity (Wildman–Crippen MR) is 123 cm³/mol. The number of fused-ring (bicyclic) bond motifs is 3. The number of carbonyl (C=O) groups is 1. The summed E-state index contributed by atoms with van der Waals surface area (Å²) in [4.78, 5) is 15.0. The number of halogens is 1. The van der Waals surface area contributed by atoms with Crippen LogP contribution < -0.4 is 5.32 Å². The van der Waals surface area contributed by atoms with E-state index < -0.39 is 0 Å². The van der Waals surface area contributed by atoms with E-state index in [2.05, 4.69) is 16.3 Å². The molecule has 32 heavy (non-hydrogen) atoms. The van der Waals surface area contributed by atoms with Crippen LogP contribution in [0.3, 0.4) is 0 Å². The van der Waals surface area contributed by atoms with Crippen LogP contribution in [0.1, 0.15) is 40.4 Å². The molecular formula is C26H29FN4O. The minimum Gasteiger partial charge on any atom is -0.350 e. The number of hydrogen-bond acceptors (Lipinski definition) is 3. The van der Waals surface area contributed by atoms with Gasteiger partial charge in [-0.15, -0.1) is 0 Å². The maximum Gasteiger partial charge on any atom is 0.251 e. The Hall–Kier alpha value is -2.99. The molecule has 3 aromatic rings. The summed E-state index contributed by atoms with van der Waals surface area (Å²) in [5, 5.41) is 7.85.